The lowest BCUT2D eigenvalue weighted by Gasteiger charge is -2.10. The molecule has 0 rings (SSSR count). The maximum absolute atomic E-state index is 10.5. The maximum Gasteiger partial charge on any atom is 0.268 e. The van der Waals surface area contributed by atoms with Crippen molar-refractivity contribution < 1.29 is 17.8 Å². The summed E-state index contributed by atoms with van der Waals surface area (Å²) in [7, 11) is -3.95. The lowest BCUT2D eigenvalue weighted by atomic mass is 10.2. The average molecular weight is 211 g/mol. The Kier molecular flexibility index (Phi) is 5.46. The fourth-order valence-corrected chi connectivity index (χ4v) is 0.786. The summed E-state index contributed by atoms with van der Waals surface area (Å²) >= 11 is 0. The molecule has 80 valence electrons. The predicted molar refractivity (Wildman–Crippen MR) is 49.8 cm³/mol. The molecule has 0 radical (unpaired) electrons. The van der Waals surface area contributed by atoms with E-state index in [1.54, 1.807) is 0 Å². The topological polar surface area (TPSA) is 75.6 Å². The zero-order chi connectivity index (χ0) is 10.5. The summed E-state index contributed by atoms with van der Waals surface area (Å²) in [4.78, 5) is 4.94. The van der Waals surface area contributed by atoms with Crippen molar-refractivity contribution in [2.45, 2.75) is 26.0 Å². The minimum absolute atomic E-state index is 0.0888. The molecule has 0 saturated carbocycles. The molecule has 0 fully saturated rings. The van der Waals surface area contributed by atoms with Crippen LogP contribution in [0.1, 0.15) is 20.8 Å². The molecule has 0 aromatic rings. The van der Waals surface area contributed by atoms with Gasteiger partial charge in [-0.25, -0.2) is 5.48 Å². The molecule has 0 aromatic heterocycles. The van der Waals surface area contributed by atoms with E-state index in [9.17, 15) is 8.42 Å². The van der Waals surface area contributed by atoms with Crippen molar-refractivity contribution in [2.75, 3.05) is 13.2 Å². The lowest BCUT2D eigenvalue weighted by Crippen LogP contribution is -2.31. The van der Waals surface area contributed by atoms with Gasteiger partial charge in [0, 0.05) is 6.54 Å². The molecule has 0 saturated heterocycles. The highest BCUT2D eigenvalue weighted by Gasteiger charge is 2.16. The van der Waals surface area contributed by atoms with Crippen LogP contribution in [0.15, 0.2) is 0 Å². The summed E-state index contributed by atoms with van der Waals surface area (Å²) in [5.74, 6) is 0.383. The van der Waals surface area contributed by atoms with E-state index in [0.717, 1.165) is 0 Å². The summed E-state index contributed by atoms with van der Waals surface area (Å²) in [6, 6.07) is 0. The lowest BCUT2D eigenvalue weighted by molar-refractivity contribution is 0.0243. The second-order valence-corrected chi connectivity index (χ2v) is 5.21. The molecule has 13 heavy (non-hydrogen) atoms. The van der Waals surface area contributed by atoms with Crippen molar-refractivity contribution >= 4 is 10.1 Å². The highest BCUT2D eigenvalue weighted by Crippen LogP contribution is 1.95. The molecule has 1 atom stereocenters. The molecule has 6 heteroatoms. The Morgan fingerprint density at radius 2 is 1.92 bits per heavy atom. The Balaban J connectivity index is 3.55. The molecular formula is C7H17NO4S. The summed E-state index contributed by atoms with van der Waals surface area (Å²) < 4.78 is 29.6. The van der Waals surface area contributed by atoms with Gasteiger partial charge in [-0.05, 0) is 12.8 Å². The molecule has 0 aliphatic rings. The van der Waals surface area contributed by atoms with E-state index in [4.69, 9.17) is 9.39 Å². The van der Waals surface area contributed by atoms with Gasteiger partial charge >= 0.3 is 0 Å². The van der Waals surface area contributed by atoms with Crippen LogP contribution in [0.25, 0.3) is 0 Å². The van der Waals surface area contributed by atoms with Crippen LogP contribution in [0.2, 0.25) is 0 Å². The van der Waals surface area contributed by atoms with Crippen molar-refractivity contribution in [3.63, 3.8) is 0 Å². The minimum atomic E-state index is -3.95. The second kappa shape index (κ2) is 5.54. The minimum Gasteiger partial charge on any atom is -0.301 e. The third-order valence-corrected chi connectivity index (χ3v) is 2.58. The predicted octanol–water partition coefficient (Wildman–Crippen LogP) is 0.440. The SMILES string of the molecule is CC(C)CONCC(C)S(=O)(=O)O. The first-order chi connectivity index (χ1) is 5.84. The van der Waals surface area contributed by atoms with E-state index in [-0.39, 0.29) is 6.54 Å². The second-order valence-electron chi connectivity index (χ2n) is 3.38. The van der Waals surface area contributed by atoms with Crippen LogP contribution in [0.3, 0.4) is 0 Å². The molecule has 5 nitrogen and oxygen atoms in total. The normalized spacial score (nSPS) is 14.8. The Labute approximate surface area is 79.2 Å². The number of hydrogen-bond acceptors (Lipinski definition) is 4. The fraction of sp³-hybridized carbons (Fsp3) is 1.00. The summed E-state index contributed by atoms with van der Waals surface area (Å²) in [6.07, 6.45) is 0. The number of nitrogens with one attached hydrogen (secondary N) is 1. The Hall–Kier alpha value is -0.170. The van der Waals surface area contributed by atoms with Crippen molar-refractivity contribution in [3.05, 3.63) is 0 Å². The zero-order valence-electron chi connectivity index (χ0n) is 8.15. The average Bonchev–Trinajstić information content (AvgIpc) is 1.95. The Bertz CT molecular complexity index is 225. The third-order valence-electron chi connectivity index (χ3n) is 1.40. The molecule has 1 unspecified atom stereocenters. The van der Waals surface area contributed by atoms with Crippen LogP contribution in [0.5, 0.6) is 0 Å². The number of hydroxylamine groups is 1. The first-order valence-electron chi connectivity index (χ1n) is 4.15. The third kappa shape index (κ3) is 6.94. The highest BCUT2D eigenvalue weighted by atomic mass is 32.2. The largest absolute Gasteiger partial charge is 0.301 e. The van der Waals surface area contributed by atoms with Crippen LogP contribution < -0.4 is 5.48 Å². The molecular weight excluding hydrogens is 194 g/mol. The van der Waals surface area contributed by atoms with E-state index in [1.807, 2.05) is 13.8 Å². The van der Waals surface area contributed by atoms with Crippen LogP contribution in [0, 0.1) is 5.92 Å². The molecule has 0 aliphatic carbocycles. The van der Waals surface area contributed by atoms with Gasteiger partial charge in [-0.15, -0.1) is 0 Å². The smallest absolute Gasteiger partial charge is 0.268 e. The molecule has 2 N–H and O–H groups in total. The van der Waals surface area contributed by atoms with Crippen LogP contribution in [-0.2, 0) is 15.0 Å². The van der Waals surface area contributed by atoms with Gasteiger partial charge in [0.25, 0.3) is 10.1 Å². The van der Waals surface area contributed by atoms with Crippen molar-refractivity contribution in [1.29, 1.82) is 0 Å². The zero-order valence-corrected chi connectivity index (χ0v) is 8.97. The Morgan fingerprint density at radius 1 is 1.38 bits per heavy atom. The van der Waals surface area contributed by atoms with Crippen molar-refractivity contribution in [2.24, 2.45) is 5.92 Å². The van der Waals surface area contributed by atoms with Gasteiger partial charge in [0.2, 0.25) is 0 Å². The van der Waals surface area contributed by atoms with Gasteiger partial charge in [0.15, 0.2) is 0 Å². The van der Waals surface area contributed by atoms with Crippen molar-refractivity contribution in [3.8, 4) is 0 Å². The van der Waals surface area contributed by atoms with Crippen molar-refractivity contribution in [1.82, 2.24) is 5.48 Å². The van der Waals surface area contributed by atoms with E-state index >= 15 is 0 Å². The highest BCUT2D eigenvalue weighted by molar-refractivity contribution is 7.86. The quantitative estimate of drug-likeness (QED) is 0.379. The van der Waals surface area contributed by atoms with Crippen LogP contribution in [-0.4, -0.2) is 31.4 Å². The van der Waals surface area contributed by atoms with Gasteiger partial charge in [0.05, 0.1) is 11.9 Å². The van der Waals surface area contributed by atoms with Gasteiger partial charge in [-0.2, -0.15) is 8.42 Å². The molecule has 0 spiro atoms. The summed E-state index contributed by atoms with van der Waals surface area (Å²) in [6.45, 7) is 5.96. The first kappa shape index (κ1) is 12.8. The Morgan fingerprint density at radius 3 is 2.31 bits per heavy atom. The van der Waals surface area contributed by atoms with Gasteiger partial charge in [0.1, 0.15) is 0 Å². The first-order valence-corrected chi connectivity index (χ1v) is 5.65. The fourth-order valence-electron chi connectivity index (χ4n) is 0.507. The molecule has 0 amide bonds. The number of rotatable bonds is 6. The van der Waals surface area contributed by atoms with Gasteiger partial charge < -0.3 is 4.84 Å². The van der Waals surface area contributed by atoms with E-state index in [1.165, 1.54) is 6.92 Å². The van der Waals surface area contributed by atoms with E-state index in [2.05, 4.69) is 5.48 Å². The maximum atomic E-state index is 10.5. The monoisotopic (exact) mass is 211 g/mol. The molecule has 0 aliphatic heterocycles. The molecule has 0 bridgehead atoms. The molecule has 0 aromatic carbocycles. The van der Waals surface area contributed by atoms with E-state index < -0.39 is 15.4 Å². The summed E-state index contributed by atoms with van der Waals surface area (Å²) in [5, 5.41) is -0.848. The standard InChI is InChI=1S/C7H17NO4S/c1-6(2)5-12-8-4-7(3)13(9,10)11/h6-8H,4-5H2,1-3H3,(H,9,10,11). The van der Waals surface area contributed by atoms with Gasteiger partial charge in [-0.1, -0.05) is 13.8 Å². The molecule has 0 heterocycles. The van der Waals surface area contributed by atoms with Crippen LogP contribution in [0.4, 0.5) is 0 Å². The van der Waals surface area contributed by atoms with Gasteiger partial charge in [-0.3, -0.25) is 4.55 Å². The number of hydrogen-bond donors (Lipinski definition) is 2. The summed E-state index contributed by atoms with van der Waals surface area (Å²) in [5.41, 5.74) is 2.48. The van der Waals surface area contributed by atoms with E-state index in [0.29, 0.717) is 12.5 Å². The van der Waals surface area contributed by atoms with Crippen LogP contribution >= 0.6 is 0 Å².